The fourth-order valence-electron chi connectivity index (χ4n) is 1.13. The Kier molecular flexibility index (Phi) is 4.47. The molecule has 1 aromatic rings. The minimum atomic E-state index is -0.766. The minimum Gasteiger partial charge on any atom is -0.442 e. The molecule has 1 atom stereocenters. The molecule has 0 radical (unpaired) electrons. The summed E-state index contributed by atoms with van der Waals surface area (Å²) in [6.07, 6.45) is 0.630. The molecule has 0 aliphatic heterocycles. The highest BCUT2D eigenvalue weighted by molar-refractivity contribution is 6.31. The number of aromatic nitrogens is 2. The molecule has 0 amide bonds. The van der Waals surface area contributed by atoms with Gasteiger partial charge in [-0.3, -0.25) is 5.73 Å². The summed E-state index contributed by atoms with van der Waals surface area (Å²) < 4.78 is 4.91. The van der Waals surface area contributed by atoms with E-state index >= 15 is 0 Å². The summed E-state index contributed by atoms with van der Waals surface area (Å²) in [4.78, 5) is 19.0. The number of nitrogens with zero attached hydrogens (tertiary/aromatic N) is 2. The fraction of sp³-hybridized carbons (Fsp3) is 0.444. The monoisotopic (exact) mass is 259 g/mol. The van der Waals surface area contributed by atoms with Crippen molar-refractivity contribution in [3.63, 3.8) is 0 Å². The largest absolute Gasteiger partial charge is 0.442 e. The van der Waals surface area contributed by atoms with Crippen molar-refractivity contribution < 1.29 is 9.53 Å². The number of carbonyl (C=O) groups excluding carboxylic acids is 1. The molecule has 0 aromatic carbocycles. The number of halogens is 1. The maximum absolute atomic E-state index is 11.6. The van der Waals surface area contributed by atoms with Crippen LogP contribution >= 0.6 is 11.6 Å². The Hall–Kier alpha value is -1.60. The molecule has 0 aliphatic carbocycles. The van der Waals surface area contributed by atoms with Crippen LogP contribution in [-0.2, 0) is 4.74 Å². The van der Waals surface area contributed by atoms with Gasteiger partial charge in [0.1, 0.15) is 0 Å². The van der Waals surface area contributed by atoms with Crippen LogP contribution in [0.2, 0.25) is 5.15 Å². The van der Waals surface area contributed by atoms with Crippen molar-refractivity contribution in [2.24, 2.45) is 5.73 Å². The van der Waals surface area contributed by atoms with E-state index < -0.39 is 12.2 Å². The molecule has 94 valence electrons. The molecule has 0 saturated heterocycles. The maximum atomic E-state index is 11.6. The average Bonchev–Trinajstić information content (AvgIpc) is 2.23. The van der Waals surface area contributed by atoms with Crippen LogP contribution in [0.3, 0.4) is 0 Å². The molecule has 0 aliphatic rings. The number of esters is 1. The smallest absolute Gasteiger partial charge is 0.362 e. The van der Waals surface area contributed by atoms with Crippen molar-refractivity contribution in [2.45, 2.75) is 26.0 Å². The number of rotatable bonds is 4. The topological polar surface area (TPSA) is 130 Å². The van der Waals surface area contributed by atoms with E-state index in [2.05, 4.69) is 9.97 Å². The van der Waals surface area contributed by atoms with Crippen LogP contribution in [-0.4, -0.2) is 22.2 Å². The molecular formula is C9H14ClN5O2. The van der Waals surface area contributed by atoms with Crippen molar-refractivity contribution in [1.29, 1.82) is 0 Å². The fourth-order valence-corrected chi connectivity index (χ4v) is 1.26. The summed E-state index contributed by atoms with van der Waals surface area (Å²) in [5.74, 6) is -0.947. The second-order valence-electron chi connectivity index (χ2n) is 3.37. The lowest BCUT2D eigenvalue weighted by Crippen LogP contribution is -2.28. The molecule has 1 rings (SSSR count). The molecule has 1 unspecified atom stereocenters. The Labute approximate surface area is 103 Å². The molecule has 0 spiro atoms. The molecule has 0 bridgehead atoms. The van der Waals surface area contributed by atoms with Gasteiger partial charge in [0.15, 0.2) is 28.7 Å². The highest BCUT2D eigenvalue weighted by atomic mass is 35.5. The average molecular weight is 260 g/mol. The molecule has 1 aromatic heterocycles. The van der Waals surface area contributed by atoms with E-state index in [-0.39, 0.29) is 22.5 Å². The third kappa shape index (κ3) is 3.43. The molecule has 6 N–H and O–H groups in total. The highest BCUT2D eigenvalue weighted by Crippen LogP contribution is 2.18. The Morgan fingerprint density at radius 2 is 2.06 bits per heavy atom. The van der Waals surface area contributed by atoms with E-state index in [4.69, 9.17) is 33.5 Å². The van der Waals surface area contributed by atoms with Crippen molar-refractivity contribution in [3.8, 4) is 0 Å². The number of carbonyl (C=O) groups is 1. The molecule has 7 nitrogen and oxygen atoms in total. The molecule has 1 heterocycles. The number of ether oxygens (including phenoxy) is 1. The lowest BCUT2D eigenvalue weighted by molar-refractivity contribution is 0.0290. The second kappa shape index (κ2) is 5.65. The zero-order chi connectivity index (χ0) is 13.0. The first-order chi connectivity index (χ1) is 7.95. The molecule has 8 heteroatoms. The standard InChI is InChI=1S/C9H14ClN5O2/c1-2-3-4(11)17-9(16)5-7(12)15-8(13)6(10)14-5/h4H,2-3,11H2,1H3,(H4,12,13,15). The van der Waals surface area contributed by atoms with Gasteiger partial charge < -0.3 is 16.2 Å². The van der Waals surface area contributed by atoms with E-state index in [9.17, 15) is 4.79 Å². The van der Waals surface area contributed by atoms with Crippen LogP contribution in [0.15, 0.2) is 0 Å². The zero-order valence-electron chi connectivity index (χ0n) is 9.31. The summed E-state index contributed by atoms with van der Waals surface area (Å²) in [6.45, 7) is 1.92. The Bertz CT molecular complexity index is 426. The predicted molar refractivity (Wildman–Crippen MR) is 64.2 cm³/mol. The van der Waals surface area contributed by atoms with Crippen molar-refractivity contribution in [2.75, 3.05) is 11.5 Å². The lowest BCUT2D eigenvalue weighted by Gasteiger charge is -2.12. The van der Waals surface area contributed by atoms with Crippen molar-refractivity contribution in [1.82, 2.24) is 9.97 Å². The molecular weight excluding hydrogens is 246 g/mol. The van der Waals surface area contributed by atoms with Crippen LogP contribution in [0.1, 0.15) is 30.3 Å². The van der Waals surface area contributed by atoms with Gasteiger partial charge in [0, 0.05) is 0 Å². The summed E-state index contributed by atoms with van der Waals surface area (Å²) in [5.41, 5.74) is 16.2. The first-order valence-corrected chi connectivity index (χ1v) is 5.38. The van der Waals surface area contributed by atoms with Crippen LogP contribution in [0.25, 0.3) is 0 Å². The van der Waals surface area contributed by atoms with E-state index in [0.29, 0.717) is 6.42 Å². The summed E-state index contributed by atoms with van der Waals surface area (Å²) in [6, 6.07) is 0. The zero-order valence-corrected chi connectivity index (χ0v) is 10.1. The van der Waals surface area contributed by atoms with E-state index in [1.165, 1.54) is 0 Å². The van der Waals surface area contributed by atoms with Gasteiger partial charge in [-0.05, 0) is 6.42 Å². The minimum absolute atomic E-state index is 0.0430. The van der Waals surface area contributed by atoms with Gasteiger partial charge in [-0.1, -0.05) is 24.9 Å². The van der Waals surface area contributed by atoms with Crippen LogP contribution < -0.4 is 17.2 Å². The SMILES string of the molecule is CCCC(N)OC(=O)c1nc(Cl)c(N)nc1N. The van der Waals surface area contributed by atoms with Gasteiger partial charge in [0.2, 0.25) is 0 Å². The molecule has 0 fully saturated rings. The van der Waals surface area contributed by atoms with Gasteiger partial charge >= 0.3 is 5.97 Å². The molecule has 17 heavy (non-hydrogen) atoms. The van der Waals surface area contributed by atoms with Gasteiger partial charge in [-0.25, -0.2) is 14.8 Å². The van der Waals surface area contributed by atoms with Crippen molar-refractivity contribution in [3.05, 3.63) is 10.8 Å². The van der Waals surface area contributed by atoms with Crippen LogP contribution in [0.5, 0.6) is 0 Å². The van der Waals surface area contributed by atoms with E-state index in [1.807, 2.05) is 6.92 Å². The first-order valence-electron chi connectivity index (χ1n) is 5.00. The van der Waals surface area contributed by atoms with E-state index in [0.717, 1.165) is 6.42 Å². The first kappa shape index (κ1) is 13.5. The molecule has 0 saturated carbocycles. The van der Waals surface area contributed by atoms with Gasteiger partial charge in [-0.15, -0.1) is 0 Å². The van der Waals surface area contributed by atoms with Crippen LogP contribution in [0, 0.1) is 0 Å². The summed E-state index contributed by atoms with van der Waals surface area (Å²) in [7, 11) is 0. The number of hydrogen-bond acceptors (Lipinski definition) is 7. The van der Waals surface area contributed by atoms with Gasteiger partial charge in [-0.2, -0.15) is 0 Å². The number of hydrogen-bond donors (Lipinski definition) is 3. The van der Waals surface area contributed by atoms with E-state index in [1.54, 1.807) is 0 Å². The highest BCUT2D eigenvalue weighted by Gasteiger charge is 2.19. The quantitative estimate of drug-likeness (QED) is 0.531. The normalized spacial score (nSPS) is 12.2. The van der Waals surface area contributed by atoms with Crippen molar-refractivity contribution >= 4 is 29.2 Å². The number of nitrogen functional groups attached to an aromatic ring is 2. The third-order valence-corrected chi connectivity index (χ3v) is 2.21. The summed E-state index contributed by atoms with van der Waals surface area (Å²) in [5, 5.41) is -0.102. The Morgan fingerprint density at radius 1 is 1.41 bits per heavy atom. The maximum Gasteiger partial charge on any atom is 0.362 e. The van der Waals surface area contributed by atoms with Gasteiger partial charge in [0.05, 0.1) is 0 Å². The lowest BCUT2D eigenvalue weighted by atomic mass is 10.3. The van der Waals surface area contributed by atoms with Crippen LogP contribution in [0.4, 0.5) is 11.6 Å². The summed E-state index contributed by atoms with van der Waals surface area (Å²) >= 11 is 5.63. The number of anilines is 2. The second-order valence-corrected chi connectivity index (χ2v) is 3.72. The Balaban J connectivity index is 2.86. The van der Waals surface area contributed by atoms with Gasteiger partial charge in [0.25, 0.3) is 0 Å². The third-order valence-electron chi connectivity index (χ3n) is 1.93. The predicted octanol–water partition coefficient (Wildman–Crippen LogP) is 0.536. The number of nitrogens with two attached hydrogens (primary N) is 3. The Morgan fingerprint density at radius 3 is 2.65 bits per heavy atom.